The molecule has 1 heterocycles. The van der Waals surface area contributed by atoms with Gasteiger partial charge in [0.05, 0.1) is 17.1 Å². The van der Waals surface area contributed by atoms with Crippen molar-refractivity contribution in [3.63, 3.8) is 0 Å². The number of amidine groups is 1. The van der Waals surface area contributed by atoms with Crippen molar-refractivity contribution in [1.82, 2.24) is 0 Å². The average Bonchev–Trinajstić information content (AvgIpc) is 3.01. The van der Waals surface area contributed by atoms with E-state index in [0.717, 1.165) is 55.7 Å². The van der Waals surface area contributed by atoms with E-state index in [0.29, 0.717) is 6.42 Å². The van der Waals surface area contributed by atoms with Gasteiger partial charge < -0.3 is 10.1 Å². The molecule has 0 radical (unpaired) electrons. The number of halogens is 1. The molecule has 0 saturated heterocycles. The Labute approximate surface area is 208 Å². The highest BCUT2D eigenvalue weighted by molar-refractivity contribution is 9.10. The Morgan fingerprint density at radius 2 is 1.56 bits per heavy atom. The highest BCUT2D eigenvalue weighted by Gasteiger charge is 2.16. The van der Waals surface area contributed by atoms with Crippen LogP contribution in [0.2, 0.25) is 0 Å². The highest BCUT2D eigenvalue weighted by atomic mass is 79.9. The number of rotatable bonds is 4. The first kappa shape index (κ1) is 22.1. The van der Waals surface area contributed by atoms with Crippen LogP contribution in [-0.4, -0.2) is 11.5 Å². The fourth-order valence-electron chi connectivity index (χ4n) is 3.76. The Kier molecular flexibility index (Phi) is 6.28. The smallest absolute Gasteiger partial charge is 0.130 e. The zero-order chi connectivity index (χ0) is 23.5. The molecule has 5 heteroatoms. The van der Waals surface area contributed by atoms with Gasteiger partial charge in [-0.25, -0.2) is 9.98 Å². The van der Waals surface area contributed by atoms with Crippen LogP contribution >= 0.6 is 15.9 Å². The third kappa shape index (κ3) is 5.10. The predicted octanol–water partition coefficient (Wildman–Crippen LogP) is 8.52. The molecule has 0 aliphatic carbocycles. The van der Waals surface area contributed by atoms with E-state index in [1.54, 1.807) is 0 Å². The van der Waals surface area contributed by atoms with Crippen molar-refractivity contribution in [1.29, 1.82) is 0 Å². The van der Waals surface area contributed by atoms with Crippen LogP contribution < -0.4 is 10.1 Å². The second kappa shape index (κ2) is 9.65. The number of ether oxygens (including phenoxy) is 1. The number of anilines is 1. The topological polar surface area (TPSA) is 46.0 Å². The number of para-hydroxylation sites is 1. The lowest BCUT2D eigenvalue weighted by Gasteiger charge is -2.11. The van der Waals surface area contributed by atoms with Crippen LogP contribution in [0.25, 0.3) is 0 Å². The fourth-order valence-corrected chi connectivity index (χ4v) is 4.03. The van der Waals surface area contributed by atoms with Gasteiger partial charge in [-0.15, -0.1) is 0 Å². The molecule has 168 valence electrons. The number of aryl methyl sites for hydroxylation is 2. The van der Waals surface area contributed by atoms with Crippen LogP contribution in [0.15, 0.2) is 105 Å². The molecule has 0 saturated carbocycles. The lowest BCUT2D eigenvalue weighted by atomic mass is 10.0. The summed E-state index contributed by atoms with van der Waals surface area (Å²) in [5.41, 5.74) is 6.90. The summed E-state index contributed by atoms with van der Waals surface area (Å²) in [6, 6.07) is 30.4. The minimum Gasteiger partial charge on any atom is -0.457 e. The monoisotopic (exact) mass is 509 g/mol. The molecule has 0 aromatic heterocycles. The summed E-state index contributed by atoms with van der Waals surface area (Å²) in [5, 5.41) is 3.48. The molecule has 1 N–H and O–H groups in total. The van der Waals surface area contributed by atoms with Crippen LogP contribution in [0.5, 0.6) is 11.5 Å². The number of hydrogen-bond acceptors (Lipinski definition) is 4. The molecule has 0 fully saturated rings. The first-order chi connectivity index (χ1) is 16.5. The van der Waals surface area contributed by atoms with Crippen molar-refractivity contribution in [2.75, 3.05) is 5.32 Å². The molecule has 1 aliphatic rings. The van der Waals surface area contributed by atoms with Crippen molar-refractivity contribution in [3.8, 4) is 11.5 Å². The number of aliphatic imine (C=N–C) groups is 2. The van der Waals surface area contributed by atoms with Crippen LogP contribution in [0.3, 0.4) is 0 Å². The van der Waals surface area contributed by atoms with Gasteiger partial charge in [0.15, 0.2) is 0 Å². The van der Waals surface area contributed by atoms with Crippen LogP contribution in [-0.2, 0) is 0 Å². The Balaban J connectivity index is 1.54. The van der Waals surface area contributed by atoms with E-state index in [9.17, 15) is 0 Å². The van der Waals surface area contributed by atoms with E-state index in [-0.39, 0.29) is 0 Å². The van der Waals surface area contributed by atoms with Gasteiger partial charge in [0.25, 0.3) is 0 Å². The first-order valence-corrected chi connectivity index (χ1v) is 11.9. The summed E-state index contributed by atoms with van der Waals surface area (Å²) < 4.78 is 7.20. The van der Waals surface area contributed by atoms with Crippen molar-refractivity contribution in [2.24, 2.45) is 9.98 Å². The SMILES string of the molecule is Cc1ccc(C2=Nc3cc(Oc4ccccc4C)ccc3N=C(Nc3ccc(Br)cc3)C2)cc1. The van der Waals surface area contributed by atoms with Gasteiger partial charge in [-0.2, -0.15) is 0 Å². The third-order valence-electron chi connectivity index (χ3n) is 5.63. The predicted molar refractivity (Wildman–Crippen MR) is 145 cm³/mol. The molecule has 5 rings (SSSR count). The molecule has 0 amide bonds. The molecule has 0 unspecified atom stereocenters. The summed E-state index contributed by atoms with van der Waals surface area (Å²) in [6.07, 6.45) is 0.585. The number of benzene rings is 4. The van der Waals surface area contributed by atoms with E-state index in [1.165, 1.54) is 5.56 Å². The van der Waals surface area contributed by atoms with E-state index in [4.69, 9.17) is 14.7 Å². The zero-order valence-electron chi connectivity index (χ0n) is 19.0. The molecule has 0 spiro atoms. The molecular weight excluding hydrogens is 486 g/mol. The zero-order valence-corrected chi connectivity index (χ0v) is 20.6. The minimum atomic E-state index is 0.585. The van der Waals surface area contributed by atoms with Gasteiger partial charge in [-0.05, 0) is 67.4 Å². The lowest BCUT2D eigenvalue weighted by Crippen LogP contribution is -2.16. The van der Waals surface area contributed by atoms with Crippen molar-refractivity contribution < 1.29 is 4.74 Å². The Morgan fingerprint density at radius 3 is 2.32 bits per heavy atom. The van der Waals surface area contributed by atoms with Gasteiger partial charge in [0.2, 0.25) is 0 Å². The minimum absolute atomic E-state index is 0.585. The van der Waals surface area contributed by atoms with Crippen molar-refractivity contribution >= 4 is 44.5 Å². The maximum Gasteiger partial charge on any atom is 0.130 e. The van der Waals surface area contributed by atoms with E-state index in [1.807, 2.05) is 73.7 Å². The van der Waals surface area contributed by atoms with Gasteiger partial charge in [-0.3, -0.25) is 0 Å². The van der Waals surface area contributed by atoms with Gasteiger partial charge in [0, 0.05) is 22.6 Å². The summed E-state index contributed by atoms with van der Waals surface area (Å²) in [4.78, 5) is 9.98. The second-order valence-corrected chi connectivity index (χ2v) is 9.23. The summed E-state index contributed by atoms with van der Waals surface area (Å²) in [5.74, 6) is 2.41. The maximum absolute atomic E-state index is 6.17. The summed E-state index contributed by atoms with van der Waals surface area (Å²) >= 11 is 3.50. The molecule has 0 atom stereocenters. The van der Waals surface area contributed by atoms with Crippen molar-refractivity contribution in [3.05, 3.63) is 112 Å². The maximum atomic E-state index is 6.17. The van der Waals surface area contributed by atoms with Gasteiger partial charge in [0.1, 0.15) is 17.3 Å². The molecule has 4 aromatic rings. The molecule has 0 bridgehead atoms. The van der Waals surface area contributed by atoms with Crippen LogP contribution in [0.4, 0.5) is 17.1 Å². The normalized spacial score (nSPS) is 12.8. The lowest BCUT2D eigenvalue weighted by molar-refractivity contribution is 0.479. The first-order valence-electron chi connectivity index (χ1n) is 11.2. The number of hydrogen-bond donors (Lipinski definition) is 1. The number of fused-ring (bicyclic) bond motifs is 1. The molecule has 4 nitrogen and oxygen atoms in total. The van der Waals surface area contributed by atoms with E-state index in [2.05, 4.69) is 52.4 Å². The fraction of sp³-hybridized carbons (Fsp3) is 0.103. The van der Waals surface area contributed by atoms with Gasteiger partial charge in [-0.1, -0.05) is 64.0 Å². The largest absolute Gasteiger partial charge is 0.457 e. The Morgan fingerprint density at radius 1 is 0.794 bits per heavy atom. The standard InChI is InChI=1S/C29H24BrN3O/c1-19-7-9-21(10-8-19)26-18-29(31-23-13-11-22(30)12-14-23)33-25-16-15-24(17-27(25)32-26)34-28-6-4-3-5-20(28)2/h3-17H,18H2,1-2H3,(H,31,33). The van der Waals surface area contributed by atoms with E-state index >= 15 is 0 Å². The summed E-state index contributed by atoms with van der Waals surface area (Å²) in [6.45, 7) is 4.13. The Bertz CT molecular complexity index is 1390. The third-order valence-corrected chi connectivity index (χ3v) is 6.16. The Hall–Kier alpha value is -3.70. The molecular formula is C29H24BrN3O. The second-order valence-electron chi connectivity index (χ2n) is 8.31. The van der Waals surface area contributed by atoms with Crippen molar-refractivity contribution in [2.45, 2.75) is 20.3 Å². The quantitative estimate of drug-likeness (QED) is 0.299. The van der Waals surface area contributed by atoms with E-state index < -0.39 is 0 Å². The molecule has 34 heavy (non-hydrogen) atoms. The number of nitrogens with one attached hydrogen (secondary N) is 1. The molecule has 4 aromatic carbocycles. The molecule has 1 aliphatic heterocycles. The highest BCUT2D eigenvalue weighted by Crippen LogP contribution is 2.37. The summed E-state index contributed by atoms with van der Waals surface area (Å²) in [7, 11) is 0. The van der Waals surface area contributed by atoms with Gasteiger partial charge >= 0.3 is 0 Å². The van der Waals surface area contributed by atoms with Crippen LogP contribution in [0, 0.1) is 13.8 Å². The van der Waals surface area contributed by atoms with Crippen LogP contribution in [0.1, 0.15) is 23.1 Å². The number of nitrogens with zero attached hydrogens (tertiary/aromatic N) is 2. The average molecular weight is 510 g/mol.